The fourth-order valence-corrected chi connectivity index (χ4v) is 5.03. The molecule has 0 aliphatic carbocycles. The van der Waals surface area contributed by atoms with Crippen LogP contribution in [0.2, 0.25) is 0 Å². The van der Waals surface area contributed by atoms with Crippen LogP contribution in [0.25, 0.3) is 0 Å². The second-order valence-electron chi connectivity index (χ2n) is 5.63. The summed E-state index contributed by atoms with van der Waals surface area (Å²) in [7, 11) is 0. The number of benzene rings is 1. The first kappa shape index (κ1) is 16.6. The normalized spacial score (nSPS) is 26.7. The molecule has 124 valence electrons. The van der Waals surface area contributed by atoms with E-state index in [1.165, 1.54) is 0 Å². The average molecular weight is 358 g/mol. The Balaban J connectivity index is 1.77. The molecule has 3 rings (SSSR count). The van der Waals surface area contributed by atoms with Crippen LogP contribution in [0.4, 0.5) is 14.5 Å². The zero-order valence-electron chi connectivity index (χ0n) is 12.4. The van der Waals surface area contributed by atoms with Crippen molar-refractivity contribution in [1.29, 1.82) is 0 Å². The van der Waals surface area contributed by atoms with Crippen LogP contribution in [0.5, 0.6) is 0 Å². The quantitative estimate of drug-likeness (QED) is 0.838. The van der Waals surface area contributed by atoms with Crippen LogP contribution in [-0.4, -0.2) is 39.1 Å². The minimum atomic E-state index is -2.56. The minimum absolute atomic E-state index is 0.0205. The number of carbonyl (C=O) groups is 2. The molecule has 0 radical (unpaired) electrons. The van der Waals surface area contributed by atoms with Gasteiger partial charge in [-0.2, -0.15) is 8.78 Å². The number of alkyl halides is 2. The van der Waals surface area contributed by atoms with Gasteiger partial charge in [0.2, 0.25) is 11.8 Å². The maximum Gasteiger partial charge on any atom is 0.288 e. The van der Waals surface area contributed by atoms with Crippen molar-refractivity contribution in [3.63, 3.8) is 0 Å². The van der Waals surface area contributed by atoms with Gasteiger partial charge in [0.05, 0.1) is 10.6 Å². The van der Waals surface area contributed by atoms with E-state index in [-0.39, 0.29) is 16.7 Å². The molecule has 0 aromatic heterocycles. The molecule has 8 heteroatoms. The SMILES string of the molecule is C[C@@]12CCC(=O)N1[C@H](C(=O)Nc1ccccc1SC(F)F)CS2. The van der Waals surface area contributed by atoms with Crippen molar-refractivity contribution >= 4 is 41.0 Å². The predicted molar refractivity (Wildman–Crippen MR) is 87.7 cm³/mol. The summed E-state index contributed by atoms with van der Waals surface area (Å²) in [5.74, 6) is -2.37. The number of para-hydroxylation sites is 1. The first-order chi connectivity index (χ1) is 10.9. The predicted octanol–water partition coefficient (Wildman–Crippen LogP) is 3.39. The average Bonchev–Trinajstić information content (AvgIpc) is 2.98. The van der Waals surface area contributed by atoms with E-state index in [1.54, 1.807) is 40.9 Å². The van der Waals surface area contributed by atoms with Gasteiger partial charge in [-0.05, 0) is 25.5 Å². The number of hydrogen-bond donors (Lipinski definition) is 1. The Bertz CT molecular complexity index is 644. The van der Waals surface area contributed by atoms with E-state index >= 15 is 0 Å². The fourth-order valence-electron chi connectivity index (χ4n) is 3.00. The first-order valence-electron chi connectivity index (χ1n) is 7.21. The van der Waals surface area contributed by atoms with Crippen molar-refractivity contribution in [2.45, 2.75) is 41.3 Å². The summed E-state index contributed by atoms with van der Waals surface area (Å²) in [6, 6.07) is 5.91. The van der Waals surface area contributed by atoms with E-state index in [0.29, 0.717) is 34.5 Å². The molecule has 2 saturated heterocycles. The van der Waals surface area contributed by atoms with Crippen molar-refractivity contribution in [3.05, 3.63) is 24.3 Å². The van der Waals surface area contributed by atoms with Crippen LogP contribution >= 0.6 is 23.5 Å². The summed E-state index contributed by atoms with van der Waals surface area (Å²) in [6.07, 6.45) is 1.18. The number of nitrogens with zero attached hydrogens (tertiary/aromatic N) is 1. The topological polar surface area (TPSA) is 49.4 Å². The van der Waals surface area contributed by atoms with Gasteiger partial charge in [0, 0.05) is 17.1 Å². The third-order valence-electron chi connectivity index (χ3n) is 4.11. The van der Waals surface area contributed by atoms with Gasteiger partial charge < -0.3 is 10.2 Å². The fraction of sp³-hybridized carbons (Fsp3) is 0.467. The van der Waals surface area contributed by atoms with Crippen LogP contribution < -0.4 is 5.32 Å². The van der Waals surface area contributed by atoms with E-state index in [1.807, 2.05) is 6.92 Å². The third kappa shape index (κ3) is 3.19. The van der Waals surface area contributed by atoms with Crippen molar-refractivity contribution in [2.24, 2.45) is 0 Å². The van der Waals surface area contributed by atoms with Gasteiger partial charge in [0.1, 0.15) is 6.04 Å². The highest BCUT2D eigenvalue weighted by molar-refractivity contribution is 8.01. The molecule has 23 heavy (non-hydrogen) atoms. The largest absolute Gasteiger partial charge is 0.323 e. The molecule has 0 bridgehead atoms. The summed E-state index contributed by atoms with van der Waals surface area (Å²) in [5, 5.41) is 2.71. The molecule has 1 aromatic rings. The molecule has 2 fully saturated rings. The van der Waals surface area contributed by atoms with E-state index in [0.717, 1.165) is 6.42 Å². The molecule has 4 nitrogen and oxygen atoms in total. The number of rotatable bonds is 4. The lowest BCUT2D eigenvalue weighted by Gasteiger charge is -2.30. The third-order valence-corrected chi connectivity index (χ3v) is 6.40. The molecular weight excluding hydrogens is 342 g/mol. The summed E-state index contributed by atoms with van der Waals surface area (Å²) in [5.41, 5.74) is 0.355. The van der Waals surface area contributed by atoms with Gasteiger partial charge >= 0.3 is 0 Å². The highest BCUT2D eigenvalue weighted by Gasteiger charge is 2.52. The first-order valence-corrected chi connectivity index (χ1v) is 9.08. The molecule has 2 aliphatic rings. The van der Waals surface area contributed by atoms with E-state index in [9.17, 15) is 18.4 Å². The highest BCUT2D eigenvalue weighted by atomic mass is 32.2. The summed E-state index contributed by atoms with van der Waals surface area (Å²) in [6.45, 7) is 1.97. The molecule has 2 aliphatic heterocycles. The van der Waals surface area contributed by atoms with Gasteiger partial charge in [0.15, 0.2) is 0 Å². The molecule has 1 N–H and O–H groups in total. The monoisotopic (exact) mass is 358 g/mol. The zero-order valence-corrected chi connectivity index (χ0v) is 14.1. The van der Waals surface area contributed by atoms with Crippen molar-refractivity contribution in [2.75, 3.05) is 11.1 Å². The van der Waals surface area contributed by atoms with Crippen LogP contribution in [0, 0.1) is 0 Å². The Hall–Kier alpha value is -1.28. The number of hydrogen-bond acceptors (Lipinski definition) is 4. The zero-order chi connectivity index (χ0) is 16.6. The molecule has 0 saturated carbocycles. The number of amides is 2. The van der Waals surface area contributed by atoms with Crippen LogP contribution in [-0.2, 0) is 9.59 Å². The molecule has 0 spiro atoms. The Labute approximate surface area is 141 Å². The van der Waals surface area contributed by atoms with Crippen molar-refractivity contribution in [1.82, 2.24) is 4.90 Å². The van der Waals surface area contributed by atoms with Crippen molar-refractivity contribution < 1.29 is 18.4 Å². The molecular formula is C15H16F2N2O2S2. The summed E-state index contributed by atoms with van der Waals surface area (Å²) >= 11 is 1.99. The lowest BCUT2D eigenvalue weighted by Crippen LogP contribution is -2.48. The smallest absolute Gasteiger partial charge is 0.288 e. The number of nitrogens with one attached hydrogen (secondary N) is 1. The number of halogens is 2. The summed E-state index contributed by atoms with van der Waals surface area (Å²) < 4.78 is 25.2. The lowest BCUT2D eigenvalue weighted by atomic mass is 10.2. The molecule has 2 amide bonds. The minimum Gasteiger partial charge on any atom is -0.323 e. The van der Waals surface area contributed by atoms with Gasteiger partial charge in [-0.15, -0.1) is 11.8 Å². The van der Waals surface area contributed by atoms with E-state index < -0.39 is 11.8 Å². The maximum absolute atomic E-state index is 12.6. The molecule has 1 aromatic carbocycles. The second kappa shape index (κ2) is 6.32. The van der Waals surface area contributed by atoms with Crippen LogP contribution in [0.15, 0.2) is 29.2 Å². The molecule has 0 unspecified atom stereocenters. The molecule has 2 heterocycles. The second-order valence-corrected chi connectivity index (χ2v) is 8.16. The summed E-state index contributed by atoms with van der Waals surface area (Å²) in [4.78, 5) is 26.3. The van der Waals surface area contributed by atoms with Gasteiger partial charge in [-0.1, -0.05) is 23.9 Å². The Morgan fingerprint density at radius 1 is 1.48 bits per heavy atom. The van der Waals surface area contributed by atoms with Gasteiger partial charge in [-0.3, -0.25) is 9.59 Å². The number of carbonyl (C=O) groups excluding carboxylic acids is 2. The van der Waals surface area contributed by atoms with Crippen molar-refractivity contribution in [3.8, 4) is 0 Å². The number of anilines is 1. The Morgan fingerprint density at radius 2 is 2.22 bits per heavy atom. The highest BCUT2D eigenvalue weighted by Crippen LogP contribution is 2.47. The van der Waals surface area contributed by atoms with E-state index in [2.05, 4.69) is 5.32 Å². The van der Waals surface area contributed by atoms with Gasteiger partial charge in [-0.25, -0.2) is 0 Å². The molecule has 2 atom stereocenters. The lowest BCUT2D eigenvalue weighted by molar-refractivity contribution is -0.135. The van der Waals surface area contributed by atoms with E-state index in [4.69, 9.17) is 0 Å². The van der Waals surface area contributed by atoms with Crippen LogP contribution in [0.3, 0.4) is 0 Å². The number of fused-ring (bicyclic) bond motifs is 1. The maximum atomic E-state index is 12.6. The Morgan fingerprint density at radius 3 is 2.96 bits per heavy atom. The Kier molecular flexibility index (Phi) is 4.55. The van der Waals surface area contributed by atoms with Gasteiger partial charge in [0.25, 0.3) is 5.76 Å². The standard InChI is InChI=1S/C15H16F2N2O2S2/c1-15-7-6-12(20)19(15)10(8-22-15)13(21)18-9-4-2-3-5-11(9)23-14(16)17/h2-5,10,14H,6-8H2,1H3,(H,18,21)/t10-,15+/m0/s1. The van der Waals surface area contributed by atoms with Crippen LogP contribution in [0.1, 0.15) is 19.8 Å². The number of thioether (sulfide) groups is 2.